The minimum absolute atomic E-state index is 0.727. The van der Waals surface area contributed by atoms with Gasteiger partial charge >= 0.3 is 0 Å². The zero-order valence-electron chi connectivity index (χ0n) is 6.86. The van der Waals surface area contributed by atoms with Crippen molar-refractivity contribution in [2.75, 3.05) is 0 Å². The zero-order chi connectivity index (χ0) is 8.93. The van der Waals surface area contributed by atoms with Crippen LogP contribution in [-0.2, 0) is 0 Å². The maximum atomic E-state index is 4.07. The Morgan fingerprint density at radius 2 is 2.00 bits per heavy atom. The van der Waals surface area contributed by atoms with E-state index >= 15 is 0 Å². The van der Waals surface area contributed by atoms with Gasteiger partial charge in [-0.05, 0) is 24.0 Å². The van der Waals surface area contributed by atoms with Gasteiger partial charge in [-0.3, -0.25) is 0 Å². The van der Waals surface area contributed by atoms with Crippen LogP contribution in [0, 0.1) is 11.8 Å². The maximum absolute atomic E-state index is 4.07. The molecule has 3 nitrogen and oxygen atoms in total. The third-order valence-electron chi connectivity index (χ3n) is 1.48. The molecule has 2 aromatic rings. The van der Waals surface area contributed by atoms with Crippen LogP contribution in [0.3, 0.4) is 0 Å². The second-order valence-electron chi connectivity index (χ2n) is 2.42. The Labute approximate surface area is 75.9 Å². The van der Waals surface area contributed by atoms with Crippen LogP contribution in [-0.4, -0.2) is 15.0 Å². The van der Waals surface area contributed by atoms with E-state index in [9.17, 15) is 0 Å². The molecule has 0 radical (unpaired) electrons. The highest BCUT2D eigenvalue weighted by Gasteiger charge is 1.86. The van der Waals surface area contributed by atoms with E-state index in [1.54, 1.807) is 18.7 Å². The number of rotatable bonds is 0. The molecule has 0 aliphatic carbocycles. The summed E-state index contributed by atoms with van der Waals surface area (Å²) in [4.78, 5) is 10.9. The molecule has 0 aliphatic rings. The van der Waals surface area contributed by atoms with Crippen molar-refractivity contribution in [3.8, 4) is 11.8 Å². The van der Waals surface area contributed by atoms with Gasteiger partial charge in [-0.25, -0.2) is 9.97 Å². The molecule has 2 rings (SSSR count). The van der Waals surface area contributed by atoms with Gasteiger partial charge in [-0.1, -0.05) is 6.07 Å². The molecule has 2 heterocycles. The van der Waals surface area contributed by atoms with Gasteiger partial charge in [0.1, 0.15) is 11.4 Å². The van der Waals surface area contributed by atoms with E-state index < -0.39 is 0 Å². The van der Waals surface area contributed by atoms with Gasteiger partial charge in [0.2, 0.25) is 0 Å². The van der Waals surface area contributed by atoms with Gasteiger partial charge in [0, 0.05) is 12.4 Å². The summed E-state index contributed by atoms with van der Waals surface area (Å²) in [6.45, 7) is 0. The first-order valence-corrected chi connectivity index (χ1v) is 3.87. The lowest BCUT2D eigenvalue weighted by Gasteiger charge is -1.84. The molecule has 2 aromatic heterocycles. The second kappa shape index (κ2) is 3.55. The molecule has 0 unspecified atom stereocenters. The fourth-order valence-electron chi connectivity index (χ4n) is 0.893. The number of hydrogen-bond donors (Lipinski definition) is 1. The van der Waals surface area contributed by atoms with Crippen LogP contribution in [0.4, 0.5) is 0 Å². The van der Waals surface area contributed by atoms with E-state index in [1.807, 2.05) is 18.2 Å². The Bertz CT molecular complexity index is 420. The minimum Gasteiger partial charge on any atom is -0.350 e. The standard InChI is InChI=1S/C10H7N3/c1-2-6-12-9(3-1)4-5-10-7-11-8-13-10/h1-3,6-8H,(H,11,13). The maximum Gasteiger partial charge on any atom is 0.131 e. The predicted octanol–water partition coefficient (Wildman–Crippen LogP) is 1.20. The molecule has 0 aromatic carbocycles. The van der Waals surface area contributed by atoms with E-state index in [-0.39, 0.29) is 0 Å². The van der Waals surface area contributed by atoms with Crippen LogP contribution in [0.1, 0.15) is 11.4 Å². The number of nitrogens with zero attached hydrogens (tertiary/aromatic N) is 2. The Balaban J connectivity index is 2.23. The van der Waals surface area contributed by atoms with Gasteiger partial charge in [-0.2, -0.15) is 0 Å². The van der Waals surface area contributed by atoms with Crippen LogP contribution in [0.5, 0.6) is 0 Å². The average Bonchev–Trinajstić information content (AvgIpc) is 2.69. The van der Waals surface area contributed by atoms with Crippen LogP contribution in [0.15, 0.2) is 36.9 Å². The van der Waals surface area contributed by atoms with Gasteiger partial charge in [0.15, 0.2) is 0 Å². The molecule has 0 saturated carbocycles. The molecule has 0 bridgehead atoms. The molecule has 0 amide bonds. The highest BCUT2D eigenvalue weighted by molar-refractivity contribution is 5.34. The summed E-state index contributed by atoms with van der Waals surface area (Å²) in [6.07, 6.45) is 5.06. The van der Waals surface area contributed by atoms with Crippen LogP contribution in [0.2, 0.25) is 0 Å². The monoisotopic (exact) mass is 169 g/mol. The van der Waals surface area contributed by atoms with Gasteiger partial charge in [0.25, 0.3) is 0 Å². The molecular formula is C10H7N3. The lowest BCUT2D eigenvalue weighted by Crippen LogP contribution is -1.78. The Morgan fingerprint density at radius 1 is 1.08 bits per heavy atom. The molecule has 0 aliphatic heterocycles. The minimum atomic E-state index is 0.727. The summed E-state index contributed by atoms with van der Waals surface area (Å²) < 4.78 is 0. The van der Waals surface area contributed by atoms with E-state index in [4.69, 9.17) is 0 Å². The molecule has 3 heteroatoms. The Kier molecular flexibility index (Phi) is 2.06. The number of pyridine rings is 1. The number of nitrogens with one attached hydrogen (secondary N) is 1. The molecule has 0 spiro atoms. The predicted molar refractivity (Wildman–Crippen MR) is 48.8 cm³/mol. The lowest BCUT2D eigenvalue weighted by atomic mass is 10.3. The van der Waals surface area contributed by atoms with Crippen molar-refractivity contribution in [1.82, 2.24) is 15.0 Å². The highest BCUT2D eigenvalue weighted by Crippen LogP contribution is 1.91. The Morgan fingerprint density at radius 3 is 2.69 bits per heavy atom. The second-order valence-corrected chi connectivity index (χ2v) is 2.42. The van der Waals surface area contributed by atoms with Gasteiger partial charge in [-0.15, -0.1) is 0 Å². The summed E-state index contributed by atoms with van der Waals surface area (Å²) in [7, 11) is 0. The summed E-state index contributed by atoms with van der Waals surface area (Å²) in [6, 6.07) is 5.63. The lowest BCUT2D eigenvalue weighted by molar-refractivity contribution is 1.28. The van der Waals surface area contributed by atoms with Crippen molar-refractivity contribution < 1.29 is 0 Å². The number of H-pyrrole nitrogens is 1. The summed E-state index contributed by atoms with van der Waals surface area (Å²) in [5, 5.41) is 0. The van der Waals surface area contributed by atoms with Crippen molar-refractivity contribution in [3.05, 3.63) is 48.3 Å². The Hall–Kier alpha value is -2.08. The number of aromatic nitrogens is 3. The summed E-state index contributed by atoms with van der Waals surface area (Å²) >= 11 is 0. The van der Waals surface area contributed by atoms with Crippen molar-refractivity contribution in [2.45, 2.75) is 0 Å². The molecule has 13 heavy (non-hydrogen) atoms. The molecule has 0 saturated heterocycles. The van der Waals surface area contributed by atoms with E-state index in [2.05, 4.69) is 26.8 Å². The van der Waals surface area contributed by atoms with Crippen LogP contribution < -0.4 is 0 Å². The summed E-state index contributed by atoms with van der Waals surface area (Å²) in [5.41, 5.74) is 1.48. The highest BCUT2D eigenvalue weighted by atomic mass is 14.8. The first-order chi connectivity index (χ1) is 6.45. The van der Waals surface area contributed by atoms with Crippen molar-refractivity contribution in [1.29, 1.82) is 0 Å². The van der Waals surface area contributed by atoms with Crippen LogP contribution in [0.25, 0.3) is 0 Å². The SMILES string of the molecule is C(#Cc1c[nH]cn1)c1ccccn1. The van der Waals surface area contributed by atoms with Crippen molar-refractivity contribution in [2.24, 2.45) is 0 Å². The van der Waals surface area contributed by atoms with E-state index in [0.717, 1.165) is 11.4 Å². The zero-order valence-corrected chi connectivity index (χ0v) is 6.86. The fraction of sp³-hybridized carbons (Fsp3) is 0. The van der Waals surface area contributed by atoms with Crippen molar-refractivity contribution in [3.63, 3.8) is 0 Å². The van der Waals surface area contributed by atoms with Crippen molar-refractivity contribution >= 4 is 0 Å². The molecule has 62 valence electrons. The van der Waals surface area contributed by atoms with Gasteiger partial charge < -0.3 is 4.98 Å². The smallest absolute Gasteiger partial charge is 0.131 e. The topological polar surface area (TPSA) is 41.6 Å². The normalized spacial score (nSPS) is 8.92. The van der Waals surface area contributed by atoms with Crippen LogP contribution >= 0.6 is 0 Å². The van der Waals surface area contributed by atoms with E-state index in [0.29, 0.717) is 0 Å². The molecule has 0 atom stereocenters. The average molecular weight is 169 g/mol. The molecule has 1 N–H and O–H groups in total. The van der Waals surface area contributed by atoms with E-state index in [1.165, 1.54) is 0 Å². The number of imidazole rings is 1. The third-order valence-corrected chi connectivity index (χ3v) is 1.48. The quantitative estimate of drug-likeness (QED) is 0.602. The third kappa shape index (κ3) is 1.94. The first-order valence-electron chi connectivity index (χ1n) is 3.87. The number of aromatic amines is 1. The molecule has 0 fully saturated rings. The number of hydrogen-bond acceptors (Lipinski definition) is 2. The largest absolute Gasteiger partial charge is 0.350 e. The van der Waals surface area contributed by atoms with Gasteiger partial charge in [0.05, 0.1) is 6.33 Å². The fourth-order valence-corrected chi connectivity index (χ4v) is 0.893. The summed E-state index contributed by atoms with van der Waals surface area (Å²) in [5.74, 6) is 5.79. The first kappa shape index (κ1) is 7.56. The molecular weight excluding hydrogens is 162 g/mol.